The summed E-state index contributed by atoms with van der Waals surface area (Å²) in [4.78, 5) is 36.6. The van der Waals surface area contributed by atoms with Crippen molar-refractivity contribution in [3.8, 4) is 0 Å². The Hall–Kier alpha value is -1.92. The van der Waals surface area contributed by atoms with Crippen LogP contribution in [0.4, 0.5) is 4.79 Å². The van der Waals surface area contributed by atoms with Gasteiger partial charge in [0.05, 0.1) is 0 Å². The van der Waals surface area contributed by atoms with Gasteiger partial charge in [-0.25, -0.2) is 10.2 Å². The first-order valence-electron chi connectivity index (χ1n) is 7.88. The van der Waals surface area contributed by atoms with Crippen LogP contribution in [0.1, 0.15) is 58.8 Å². The van der Waals surface area contributed by atoms with Crippen molar-refractivity contribution in [3.05, 3.63) is 0 Å². The number of imide groups is 1. The lowest BCUT2D eigenvalue weighted by Crippen LogP contribution is -2.40. The van der Waals surface area contributed by atoms with Gasteiger partial charge in [0.1, 0.15) is 5.54 Å². The van der Waals surface area contributed by atoms with E-state index in [4.69, 9.17) is 0 Å². The molecule has 1 aliphatic carbocycles. The standard InChI is InChI=1S/C15H24N4O3/c1-15(2)13(21)19(14(22)16-15)10-9-12(20)18-17-11-7-5-3-4-6-8-11/h3-10H2,1-2H3,(H,16,22)(H,18,20). The number of nitrogens with one attached hydrogen (secondary N) is 2. The number of hydrogen-bond acceptors (Lipinski definition) is 4. The van der Waals surface area contributed by atoms with E-state index in [2.05, 4.69) is 15.8 Å². The zero-order chi connectivity index (χ0) is 16.2. The summed E-state index contributed by atoms with van der Waals surface area (Å²) in [6.45, 7) is 3.36. The molecule has 1 aliphatic heterocycles. The quantitative estimate of drug-likeness (QED) is 0.469. The monoisotopic (exact) mass is 308 g/mol. The molecule has 1 heterocycles. The molecule has 122 valence electrons. The number of nitrogens with zero attached hydrogens (tertiary/aromatic N) is 2. The molecule has 2 N–H and O–H groups in total. The van der Waals surface area contributed by atoms with E-state index in [1.807, 2.05) is 0 Å². The Morgan fingerprint density at radius 3 is 2.41 bits per heavy atom. The van der Waals surface area contributed by atoms with E-state index in [-0.39, 0.29) is 24.8 Å². The van der Waals surface area contributed by atoms with Crippen molar-refractivity contribution in [2.24, 2.45) is 5.10 Å². The maximum atomic E-state index is 12.0. The van der Waals surface area contributed by atoms with Gasteiger partial charge >= 0.3 is 6.03 Å². The van der Waals surface area contributed by atoms with Gasteiger partial charge in [0.15, 0.2) is 0 Å². The van der Waals surface area contributed by atoms with Crippen LogP contribution >= 0.6 is 0 Å². The second kappa shape index (κ2) is 6.89. The lowest BCUT2D eigenvalue weighted by atomic mass is 10.1. The lowest BCUT2D eigenvalue weighted by molar-refractivity contribution is -0.130. The number of rotatable bonds is 4. The lowest BCUT2D eigenvalue weighted by Gasteiger charge is -2.15. The molecule has 0 unspecified atom stereocenters. The highest BCUT2D eigenvalue weighted by molar-refractivity contribution is 6.06. The smallest absolute Gasteiger partial charge is 0.324 e. The van der Waals surface area contributed by atoms with E-state index in [0.717, 1.165) is 36.3 Å². The SMILES string of the molecule is CC1(C)NC(=O)N(CCC(=O)NN=C2CCCCCC2)C1=O. The molecule has 0 aromatic heterocycles. The van der Waals surface area contributed by atoms with Crippen LogP contribution < -0.4 is 10.7 Å². The Bertz CT molecular complexity index is 489. The molecule has 0 atom stereocenters. The molecule has 2 fully saturated rings. The second-order valence-corrected chi connectivity index (χ2v) is 6.39. The molecule has 0 aromatic carbocycles. The highest BCUT2D eigenvalue weighted by Gasteiger charge is 2.43. The first kappa shape index (κ1) is 16.5. The molecule has 0 aromatic rings. The van der Waals surface area contributed by atoms with Crippen LogP contribution in [0.15, 0.2) is 5.10 Å². The van der Waals surface area contributed by atoms with Gasteiger partial charge in [0.25, 0.3) is 5.91 Å². The molecule has 2 aliphatic rings. The Morgan fingerprint density at radius 1 is 1.23 bits per heavy atom. The molecule has 2 rings (SSSR count). The van der Waals surface area contributed by atoms with Gasteiger partial charge in [-0.3, -0.25) is 14.5 Å². The first-order chi connectivity index (χ1) is 10.4. The van der Waals surface area contributed by atoms with Gasteiger partial charge in [0.2, 0.25) is 5.91 Å². The molecule has 1 saturated carbocycles. The number of hydrogen-bond donors (Lipinski definition) is 2. The van der Waals surface area contributed by atoms with E-state index in [9.17, 15) is 14.4 Å². The van der Waals surface area contributed by atoms with Crippen molar-refractivity contribution in [2.75, 3.05) is 6.54 Å². The maximum absolute atomic E-state index is 12.0. The Balaban J connectivity index is 1.79. The van der Waals surface area contributed by atoms with Gasteiger partial charge < -0.3 is 5.32 Å². The van der Waals surface area contributed by atoms with Gasteiger partial charge in [-0.05, 0) is 39.5 Å². The molecule has 7 nitrogen and oxygen atoms in total. The van der Waals surface area contributed by atoms with Crippen LogP contribution in [-0.4, -0.2) is 40.5 Å². The van der Waals surface area contributed by atoms with Crippen LogP contribution in [0.25, 0.3) is 0 Å². The van der Waals surface area contributed by atoms with Crippen LogP contribution in [0.2, 0.25) is 0 Å². The summed E-state index contributed by atoms with van der Waals surface area (Å²) < 4.78 is 0. The van der Waals surface area contributed by atoms with Crippen molar-refractivity contribution in [3.63, 3.8) is 0 Å². The summed E-state index contributed by atoms with van der Waals surface area (Å²) in [5, 5.41) is 6.75. The largest absolute Gasteiger partial charge is 0.325 e. The van der Waals surface area contributed by atoms with Crippen LogP contribution in [0, 0.1) is 0 Å². The van der Waals surface area contributed by atoms with Crippen molar-refractivity contribution in [1.29, 1.82) is 0 Å². The van der Waals surface area contributed by atoms with Crippen molar-refractivity contribution in [1.82, 2.24) is 15.6 Å². The molecule has 7 heteroatoms. The normalized spacial score (nSPS) is 21.4. The van der Waals surface area contributed by atoms with Crippen molar-refractivity contribution < 1.29 is 14.4 Å². The van der Waals surface area contributed by atoms with Crippen molar-refractivity contribution >= 4 is 23.6 Å². The summed E-state index contributed by atoms with van der Waals surface area (Å²) in [5.74, 6) is -0.581. The number of hydrazone groups is 1. The molecule has 0 radical (unpaired) electrons. The Kier molecular flexibility index (Phi) is 5.15. The van der Waals surface area contributed by atoms with Gasteiger partial charge in [-0.2, -0.15) is 5.10 Å². The maximum Gasteiger partial charge on any atom is 0.325 e. The van der Waals surface area contributed by atoms with Crippen molar-refractivity contribution in [2.45, 2.75) is 64.3 Å². The predicted octanol–water partition coefficient (Wildman–Crippen LogP) is 1.53. The highest BCUT2D eigenvalue weighted by atomic mass is 16.2. The minimum absolute atomic E-state index is 0.0615. The molecule has 22 heavy (non-hydrogen) atoms. The molecule has 0 spiro atoms. The van der Waals surface area contributed by atoms with Crippen LogP contribution in [0.5, 0.6) is 0 Å². The van der Waals surface area contributed by atoms with E-state index < -0.39 is 11.6 Å². The summed E-state index contributed by atoms with van der Waals surface area (Å²) in [5.41, 5.74) is 2.67. The summed E-state index contributed by atoms with van der Waals surface area (Å²) in [7, 11) is 0. The number of amides is 4. The molecule has 1 saturated heterocycles. The molecular weight excluding hydrogens is 284 g/mol. The van der Waals surface area contributed by atoms with E-state index in [1.165, 1.54) is 12.8 Å². The molecular formula is C15H24N4O3. The zero-order valence-corrected chi connectivity index (χ0v) is 13.3. The van der Waals surface area contributed by atoms with Gasteiger partial charge in [-0.1, -0.05) is 12.8 Å². The third kappa shape index (κ3) is 4.05. The minimum Gasteiger partial charge on any atom is -0.324 e. The topological polar surface area (TPSA) is 90.9 Å². The summed E-state index contributed by atoms with van der Waals surface area (Å²) in [6, 6.07) is -0.446. The fourth-order valence-electron chi connectivity index (χ4n) is 2.68. The third-order valence-electron chi connectivity index (χ3n) is 4.03. The molecule has 4 amide bonds. The van der Waals surface area contributed by atoms with Crippen LogP contribution in [0.3, 0.4) is 0 Å². The summed E-state index contributed by atoms with van der Waals surface area (Å²) in [6.07, 6.45) is 6.59. The Morgan fingerprint density at radius 2 is 1.86 bits per heavy atom. The van der Waals surface area contributed by atoms with E-state index in [1.54, 1.807) is 13.8 Å². The Labute approximate surface area is 130 Å². The molecule has 0 bridgehead atoms. The fraction of sp³-hybridized carbons (Fsp3) is 0.733. The van der Waals surface area contributed by atoms with Crippen LogP contribution in [-0.2, 0) is 9.59 Å². The van der Waals surface area contributed by atoms with Gasteiger partial charge in [0, 0.05) is 18.7 Å². The van der Waals surface area contributed by atoms with Gasteiger partial charge in [-0.15, -0.1) is 0 Å². The van der Waals surface area contributed by atoms with E-state index in [0.29, 0.717) is 0 Å². The third-order valence-corrected chi connectivity index (χ3v) is 4.03. The number of urea groups is 1. The highest BCUT2D eigenvalue weighted by Crippen LogP contribution is 2.17. The number of carbonyl (C=O) groups excluding carboxylic acids is 3. The average Bonchev–Trinajstić information content (AvgIpc) is 2.67. The average molecular weight is 308 g/mol. The second-order valence-electron chi connectivity index (χ2n) is 6.39. The number of carbonyl (C=O) groups is 3. The summed E-state index contributed by atoms with van der Waals surface area (Å²) >= 11 is 0. The first-order valence-corrected chi connectivity index (χ1v) is 7.88. The zero-order valence-electron chi connectivity index (χ0n) is 13.3. The fourth-order valence-corrected chi connectivity index (χ4v) is 2.68. The predicted molar refractivity (Wildman–Crippen MR) is 82.2 cm³/mol. The van der Waals surface area contributed by atoms with E-state index >= 15 is 0 Å². The minimum atomic E-state index is -0.895.